The van der Waals surface area contributed by atoms with Crippen LogP contribution in [-0.2, 0) is 30.2 Å². The number of aromatic nitrogens is 4. The highest BCUT2D eigenvalue weighted by Crippen LogP contribution is 2.28. The van der Waals surface area contributed by atoms with E-state index in [2.05, 4.69) is 0 Å². The van der Waals surface area contributed by atoms with E-state index in [1.165, 1.54) is 48.0 Å². The lowest BCUT2D eigenvalue weighted by Crippen LogP contribution is -2.53. The van der Waals surface area contributed by atoms with Crippen molar-refractivity contribution in [2.75, 3.05) is 36.0 Å². The van der Waals surface area contributed by atoms with Gasteiger partial charge in [0, 0.05) is 40.3 Å². The molecule has 2 aromatic heterocycles. The standard InChI is InChI=1S/C28H27F2N7O4/c1-32-24-23(26(40)33(2)28(32)41)36(16-17-3-5-18(29)6-4-17)27(31-24)35-13-11-34(12-14-35)21-15-22(38)37(25(21)39)20-9-7-19(30)8-10-20/h3-10,21H,11-16H2,1-2H3. The summed E-state index contributed by atoms with van der Waals surface area (Å²) in [5.74, 6) is -1.05. The van der Waals surface area contributed by atoms with Gasteiger partial charge in [-0.3, -0.25) is 33.0 Å². The summed E-state index contributed by atoms with van der Waals surface area (Å²) >= 11 is 0. The van der Waals surface area contributed by atoms with Gasteiger partial charge in [0.05, 0.1) is 24.7 Å². The molecule has 0 N–H and O–H groups in total. The lowest BCUT2D eigenvalue weighted by molar-refractivity contribution is -0.123. The fourth-order valence-corrected chi connectivity index (χ4v) is 5.59. The predicted octanol–water partition coefficient (Wildman–Crippen LogP) is 1.21. The van der Waals surface area contributed by atoms with Gasteiger partial charge in [0.25, 0.3) is 11.5 Å². The summed E-state index contributed by atoms with van der Waals surface area (Å²) in [6.07, 6.45) is 0.0252. The average Bonchev–Trinajstić information content (AvgIpc) is 3.49. The lowest BCUT2D eigenvalue weighted by Gasteiger charge is -2.37. The number of amides is 2. The van der Waals surface area contributed by atoms with Gasteiger partial charge < -0.3 is 4.90 Å². The molecule has 4 heterocycles. The summed E-state index contributed by atoms with van der Waals surface area (Å²) in [6.45, 7) is 1.99. The van der Waals surface area contributed by atoms with Gasteiger partial charge in [0.15, 0.2) is 11.2 Å². The second-order valence-electron chi connectivity index (χ2n) is 10.3. The van der Waals surface area contributed by atoms with Crippen molar-refractivity contribution in [3.8, 4) is 0 Å². The molecule has 4 aromatic rings. The average molecular weight is 564 g/mol. The molecule has 0 spiro atoms. The van der Waals surface area contributed by atoms with Crippen LogP contribution >= 0.6 is 0 Å². The zero-order valence-electron chi connectivity index (χ0n) is 22.5. The van der Waals surface area contributed by atoms with E-state index in [9.17, 15) is 28.0 Å². The van der Waals surface area contributed by atoms with Crippen molar-refractivity contribution in [3.63, 3.8) is 0 Å². The summed E-state index contributed by atoms with van der Waals surface area (Å²) in [6, 6.07) is 10.6. The number of carbonyl (C=O) groups excluding carboxylic acids is 2. The molecule has 11 nitrogen and oxygen atoms in total. The number of imidazole rings is 1. The van der Waals surface area contributed by atoms with Gasteiger partial charge in [-0.05, 0) is 42.0 Å². The Bertz CT molecular complexity index is 1790. The molecule has 212 valence electrons. The molecule has 2 aromatic carbocycles. The first-order valence-corrected chi connectivity index (χ1v) is 13.2. The molecule has 41 heavy (non-hydrogen) atoms. The highest BCUT2D eigenvalue weighted by molar-refractivity contribution is 6.22. The molecule has 1 unspecified atom stereocenters. The molecule has 0 saturated carbocycles. The van der Waals surface area contributed by atoms with Crippen molar-refractivity contribution in [3.05, 3.63) is 86.6 Å². The number of imide groups is 1. The number of carbonyl (C=O) groups is 2. The Kier molecular flexibility index (Phi) is 6.53. The summed E-state index contributed by atoms with van der Waals surface area (Å²) in [5, 5.41) is 0. The van der Waals surface area contributed by atoms with Crippen LogP contribution in [0, 0.1) is 11.6 Å². The first kappa shape index (κ1) is 26.6. The smallest absolute Gasteiger partial charge is 0.332 e. The second kappa shape index (κ2) is 10.1. The van der Waals surface area contributed by atoms with Crippen molar-refractivity contribution in [2.24, 2.45) is 14.1 Å². The third kappa shape index (κ3) is 4.51. The van der Waals surface area contributed by atoms with Crippen molar-refractivity contribution in [1.29, 1.82) is 0 Å². The zero-order valence-corrected chi connectivity index (χ0v) is 22.5. The van der Waals surface area contributed by atoms with Crippen LogP contribution in [0.15, 0.2) is 58.1 Å². The second-order valence-corrected chi connectivity index (χ2v) is 10.3. The Hall–Kier alpha value is -4.65. The minimum Gasteiger partial charge on any atom is -0.340 e. The molecule has 6 rings (SSSR count). The van der Waals surface area contributed by atoms with E-state index in [0.717, 1.165) is 15.0 Å². The van der Waals surface area contributed by atoms with Crippen molar-refractivity contribution < 1.29 is 18.4 Å². The van der Waals surface area contributed by atoms with Gasteiger partial charge >= 0.3 is 5.69 Å². The highest BCUT2D eigenvalue weighted by Gasteiger charge is 2.43. The molecule has 2 amide bonds. The van der Waals surface area contributed by atoms with Crippen LogP contribution in [0.3, 0.4) is 0 Å². The lowest BCUT2D eigenvalue weighted by atomic mass is 10.1. The first-order chi connectivity index (χ1) is 19.6. The fraction of sp³-hybridized carbons (Fsp3) is 0.321. The molecule has 1 atom stereocenters. The molecule has 2 aliphatic heterocycles. The molecule has 0 radical (unpaired) electrons. The van der Waals surface area contributed by atoms with Crippen molar-refractivity contribution >= 4 is 34.6 Å². The number of aryl methyl sites for hydroxylation is 1. The van der Waals surface area contributed by atoms with Crippen LogP contribution < -0.4 is 21.0 Å². The number of nitrogens with zero attached hydrogens (tertiary/aromatic N) is 7. The van der Waals surface area contributed by atoms with E-state index < -0.39 is 23.1 Å². The summed E-state index contributed by atoms with van der Waals surface area (Å²) in [5.41, 5.74) is 0.590. The van der Waals surface area contributed by atoms with Crippen LogP contribution in [0.1, 0.15) is 12.0 Å². The van der Waals surface area contributed by atoms with Gasteiger partial charge in [0.2, 0.25) is 11.9 Å². The maximum Gasteiger partial charge on any atom is 0.332 e. The van der Waals surface area contributed by atoms with Gasteiger partial charge in [0.1, 0.15) is 11.6 Å². The number of rotatable bonds is 5. The van der Waals surface area contributed by atoms with Crippen LogP contribution in [0.25, 0.3) is 11.2 Å². The Labute approximate surface area is 232 Å². The fourth-order valence-electron chi connectivity index (χ4n) is 5.59. The van der Waals surface area contributed by atoms with E-state index in [1.807, 2.05) is 9.80 Å². The van der Waals surface area contributed by atoms with Crippen LogP contribution in [0.5, 0.6) is 0 Å². The summed E-state index contributed by atoms with van der Waals surface area (Å²) in [4.78, 5) is 61.6. The van der Waals surface area contributed by atoms with E-state index in [0.29, 0.717) is 37.8 Å². The van der Waals surface area contributed by atoms with Crippen molar-refractivity contribution in [1.82, 2.24) is 23.6 Å². The largest absolute Gasteiger partial charge is 0.340 e. The van der Waals surface area contributed by atoms with E-state index in [4.69, 9.17) is 4.98 Å². The number of halogens is 2. The van der Waals surface area contributed by atoms with Crippen LogP contribution in [-0.4, -0.2) is 67.6 Å². The molecule has 2 fully saturated rings. The zero-order chi connectivity index (χ0) is 29.0. The monoisotopic (exact) mass is 563 g/mol. The van der Waals surface area contributed by atoms with Gasteiger partial charge in [-0.25, -0.2) is 18.5 Å². The van der Waals surface area contributed by atoms with E-state index in [1.54, 1.807) is 23.7 Å². The number of anilines is 2. The molecule has 13 heteroatoms. The Morgan fingerprint density at radius 1 is 0.829 bits per heavy atom. The molecule has 2 saturated heterocycles. The van der Waals surface area contributed by atoms with Crippen molar-refractivity contribution in [2.45, 2.75) is 19.0 Å². The Morgan fingerprint density at radius 3 is 2.07 bits per heavy atom. The molecule has 0 bridgehead atoms. The summed E-state index contributed by atoms with van der Waals surface area (Å²) < 4.78 is 31.0. The number of fused-ring (bicyclic) bond motifs is 1. The highest BCUT2D eigenvalue weighted by atomic mass is 19.1. The number of piperazine rings is 1. The Balaban J connectivity index is 1.29. The first-order valence-electron chi connectivity index (χ1n) is 13.2. The Morgan fingerprint density at radius 2 is 1.44 bits per heavy atom. The van der Waals surface area contributed by atoms with E-state index >= 15 is 0 Å². The minimum atomic E-state index is -0.638. The number of benzene rings is 2. The van der Waals surface area contributed by atoms with Gasteiger partial charge in [-0.1, -0.05) is 12.1 Å². The third-order valence-corrected chi connectivity index (χ3v) is 7.83. The maximum absolute atomic E-state index is 13.6. The molecule has 0 aliphatic carbocycles. The minimum absolute atomic E-state index is 0.0252. The molecular formula is C28H27F2N7O4. The molecule has 2 aliphatic rings. The van der Waals surface area contributed by atoms with E-state index in [-0.39, 0.29) is 41.8 Å². The maximum atomic E-state index is 13.6. The quantitative estimate of drug-likeness (QED) is 0.336. The number of hydrogen-bond acceptors (Lipinski definition) is 7. The SMILES string of the molecule is Cn1c(=O)c2c(nc(N3CCN(C4CC(=O)N(c5ccc(F)cc5)C4=O)CC3)n2Cc2ccc(F)cc2)n(C)c1=O. The van der Waals surface area contributed by atoms with Gasteiger partial charge in [-0.2, -0.15) is 4.98 Å². The predicted molar refractivity (Wildman–Crippen MR) is 147 cm³/mol. The normalized spacial score (nSPS) is 18.2. The summed E-state index contributed by atoms with van der Waals surface area (Å²) in [7, 11) is 2.96. The topological polar surface area (TPSA) is 106 Å². The van der Waals surface area contributed by atoms with Crippen LogP contribution in [0.4, 0.5) is 20.4 Å². The van der Waals surface area contributed by atoms with Crippen LogP contribution in [0.2, 0.25) is 0 Å². The third-order valence-electron chi connectivity index (χ3n) is 7.83. The molecular weight excluding hydrogens is 536 g/mol. The van der Waals surface area contributed by atoms with Gasteiger partial charge in [-0.15, -0.1) is 0 Å². The number of hydrogen-bond donors (Lipinski definition) is 0.